The molecule has 0 unspecified atom stereocenters. The lowest BCUT2D eigenvalue weighted by atomic mass is 10.1. The summed E-state index contributed by atoms with van der Waals surface area (Å²) in [6, 6.07) is 0.962. The summed E-state index contributed by atoms with van der Waals surface area (Å²) in [6.45, 7) is 20.5. The van der Waals surface area contributed by atoms with Gasteiger partial charge in [-0.05, 0) is 59.3 Å². The smallest absolute Gasteiger partial charge is 0.374 e. The maximum Gasteiger partial charge on any atom is 0.501 e. The van der Waals surface area contributed by atoms with Crippen molar-refractivity contribution in [3.05, 3.63) is 0 Å². The van der Waals surface area contributed by atoms with Crippen molar-refractivity contribution in [1.82, 2.24) is 0 Å². The lowest BCUT2D eigenvalue weighted by Gasteiger charge is -2.40. The van der Waals surface area contributed by atoms with Gasteiger partial charge in [0, 0.05) is 32.3 Å². The van der Waals surface area contributed by atoms with Crippen LogP contribution in [0.3, 0.4) is 0 Å². The molecule has 0 aliphatic heterocycles. The van der Waals surface area contributed by atoms with Gasteiger partial charge in [0.05, 0.1) is 26.2 Å². The molecule has 0 aliphatic rings. The monoisotopic (exact) mass is 516 g/mol. The lowest BCUT2D eigenvalue weighted by molar-refractivity contribution is -0.929. The van der Waals surface area contributed by atoms with Gasteiger partial charge in [-0.3, -0.25) is 0 Å². The number of hydrogen-bond donors (Lipinski definition) is 0. The SMILES string of the molecule is CCCCCCC[N+](CCCCCCC)(CCCCCCC)CCC[Si](OCC)(OCC)OCC. The number of unbranched alkanes of at least 4 members (excludes halogenated alkanes) is 12. The minimum Gasteiger partial charge on any atom is -0.374 e. The summed E-state index contributed by atoms with van der Waals surface area (Å²) in [6.07, 6.45) is 21.9. The second-order valence-corrected chi connectivity index (χ2v) is 13.3. The van der Waals surface area contributed by atoms with Crippen LogP contribution in [0.25, 0.3) is 0 Å². The molecule has 0 radical (unpaired) electrons. The van der Waals surface area contributed by atoms with Crippen molar-refractivity contribution in [2.75, 3.05) is 46.0 Å². The van der Waals surface area contributed by atoms with Gasteiger partial charge >= 0.3 is 8.80 Å². The van der Waals surface area contributed by atoms with E-state index in [0.29, 0.717) is 19.8 Å². The molecule has 0 saturated carbocycles. The molecule has 4 nitrogen and oxygen atoms in total. The molecule has 0 aromatic rings. The Morgan fingerprint density at radius 3 is 1.03 bits per heavy atom. The Balaban J connectivity index is 5.32. The summed E-state index contributed by atoms with van der Waals surface area (Å²) in [5.74, 6) is 0. The fourth-order valence-corrected chi connectivity index (χ4v) is 8.05. The zero-order valence-electron chi connectivity index (χ0n) is 25.1. The third-order valence-corrected chi connectivity index (χ3v) is 10.6. The average molecular weight is 517 g/mol. The molecule has 0 saturated heterocycles. The molecule has 212 valence electrons. The summed E-state index contributed by atoms with van der Waals surface area (Å²) in [4.78, 5) is 0. The van der Waals surface area contributed by atoms with Crippen LogP contribution in [0.1, 0.15) is 144 Å². The molecule has 0 heterocycles. The number of nitrogens with zero attached hydrogens (tertiary/aromatic N) is 1. The first-order valence-electron chi connectivity index (χ1n) is 15.8. The first-order chi connectivity index (χ1) is 17.1. The molecule has 0 amide bonds. The highest BCUT2D eigenvalue weighted by Gasteiger charge is 2.41. The van der Waals surface area contributed by atoms with Crippen LogP contribution in [0.5, 0.6) is 0 Å². The number of hydrogen-bond acceptors (Lipinski definition) is 3. The molecular weight excluding hydrogens is 450 g/mol. The Morgan fingerprint density at radius 2 is 0.714 bits per heavy atom. The van der Waals surface area contributed by atoms with E-state index in [1.54, 1.807) is 0 Å². The highest BCUT2D eigenvalue weighted by molar-refractivity contribution is 6.60. The summed E-state index contributed by atoms with van der Waals surface area (Å²) in [7, 11) is -2.55. The van der Waals surface area contributed by atoms with Gasteiger partial charge < -0.3 is 17.8 Å². The molecule has 0 bridgehead atoms. The Bertz CT molecular complexity index is 383. The molecule has 0 N–H and O–H groups in total. The summed E-state index contributed by atoms with van der Waals surface area (Å²) in [5, 5.41) is 0. The van der Waals surface area contributed by atoms with Crippen molar-refractivity contribution >= 4 is 8.80 Å². The highest BCUT2D eigenvalue weighted by Crippen LogP contribution is 2.23. The molecule has 0 fully saturated rings. The number of rotatable bonds is 28. The molecule has 0 aromatic heterocycles. The molecule has 5 heteroatoms. The number of quaternary nitrogens is 1. The van der Waals surface area contributed by atoms with Crippen LogP contribution in [-0.2, 0) is 13.3 Å². The Labute approximate surface area is 222 Å². The Hall–Kier alpha value is 0.0569. The van der Waals surface area contributed by atoms with Gasteiger partial charge in [0.2, 0.25) is 0 Å². The average Bonchev–Trinajstić information content (AvgIpc) is 2.84. The molecule has 0 aromatic carbocycles. The van der Waals surface area contributed by atoms with Gasteiger partial charge in [-0.25, -0.2) is 0 Å². The standard InChI is InChI=1S/C30H66NO3Si/c1-7-13-16-19-22-26-31(27-23-20-17-14-8-2,28-24-21-18-15-9-3)29-25-30-35(32-10-4,33-11-5)34-12-6/h7-30H2,1-6H3/q+1. The maximum atomic E-state index is 6.19. The fraction of sp³-hybridized carbons (Fsp3) is 1.00. The minimum atomic E-state index is -2.55. The van der Waals surface area contributed by atoms with Crippen LogP contribution in [0.2, 0.25) is 6.04 Å². The Morgan fingerprint density at radius 1 is 0.400 bits per heavy atom. The second-order valence-electron chi connectivity index (χ2n) is 10.6. The summed E-state index contributed by atoms with van der Waals surface area (Å²) in [5.41, 5.74) is 0. The van der Waals surface area contributed by atoms with Crippen molar-refractivity contribution in [2.24, 2.45) is 0 Å². The molecule has 0 atom stereocenters. The van der Waals surface area contributed by atoms with Crippen LogP contribution < -0.4 is 0 Å². The fourth-order valence-electron chi connectivity index (χ4n) is 5.46. The van der Waals surface area contributed by atoms with E-state index in [4.69, 9.17) is 13.3 Å². The van der Waals surface area contributed by atoms with Crippen molar-refractivity contribution in [3.8, 4) is 0 Å². The first-order valence-corrected chi connectivity index (χ1v) is 17.8. The van der Waals surface area contributed by atoms with Crippen LogP contribution in [0.4, 0.5) is 0 Å². The first kappa shape index (κ1) is 35.1. The van der Waals surface area contributed by atoms with E-state index in [9.17, 15) is 0 Å². The lowest BCUT2D eigenvalue weighted by Crippen LogP contribution is -2.52. The van der Waals surface area contributed by atoms with Crippen LogP contribution in [0.15, 0.2) is 0 Å². The summed E-state index contributed by atoms with van der Waals surface area (Å²) >= 11 is 0. The quantitative estimate of drug-likeness (QED) is 0.0589. The van der Waals surface area contributed by atoms with Gasteiger partial charge in [0.1, 0.15) is 0 Å². The summed E-state index contributed by atoms with van der Waals surface area (Å²) < 4.78 is 19.9. The predicted molar refractivity (Wildman–Crippen MR) is 156 cm³/mol. The molecule has 0 spiro atoms. The van der Waals surface area contributed by atoms with E-state index in [0.717, 1.165) is 12.5 Å². The highest BCUT2D eigenvalue weighted by atomic mass is 28.4. The van der Waals surface area contributed by atoms with E-state index in [1.165, 1.54) is 127 Å². The van der Waals surface area contributed by atoms with Crippen LogP contribution >= 0.6 is 0 Å². The van der Waals surface area contributed by atoms with Crippen LogP contribution in [-0.4, -0.2) is 59.3 Å². The molecule has 0 rings (SSSR count). The van der Waals surface area contributed by atoms with Gasteiger partial charge in [0.25, 0.3) is 0 Å². The van der Waals surface area contributed by atoms with Gasteiger partial charge in [-0.2, -0.15) is 0 Å². The van der Waals surface area contributed by atoms with E-state index < -0.39 is 8.80 Å². The third kappa shape index (κ3) is 18.0. The van der Waals surface area contributed by atoms with Gasteiger partial charge in [0.15, 0.2) is 0 Å². The van der Waals surface area contributed by atoms with E-state index in [-0.39, 0.29) is 0 Å². The second kappa shape index (κ2) is 24.4. The van der Waals surface area contributed by atoms with E-state index >= 15 is 0 Å². The topological polar surface area (TPSA) is 27.7 Å². The van der Waals surface area contributed by atoms with Crippen molar-refractivity contribution in [1.29, 1.82) is 0 Å². The van der Waals surface area contributed by atoms with E-state index in [1.807, 2.05) is 0 Å². The zero-order valence-corrected chi connectivity index (χ0v) is 26.1. The predicted octanol–water partition coefficient (Wildman–Crippen LogP) is 9.15. The minimum absolute atomic E-state index is 0.679. The zero-order chi connectivity index (χ0) is 26.1. The molecule has 0 aliphatic carbocycles. The van der Waals surface area contributed by atoms with Gasteiger partial charge in [-0.1, -0.05) is 78.6 Å². The van der Waals surface area contributed by atoms with Crippen molar-refractivity contribution in [2.45, 2.75) is 150 Å². The normalized spacial score (nSPS) is 12.5. The van der Waals surface area contributed by atoms with Gasteiger partial charge in [-0.15, -0.1) is 0 Å². The molecular formula is C30H66NO3Si+. The third-order valence-electron chi connectivity index (χ3n) is 7.42. The largest absolute Gasteiger partial charge is 0.501 e. The van der Waals surface area contributed by atoms with E-state index in [2.05, 4.69) is 41.5 Å². The Kier molecular flexibility index (Phi) is 24.4. The molecule has 35 heavy (non-hydrogen) atoms. The van der Waals surface area contributed by atoms with Crippen LogP contribution in [0, 0.1) is 0 Å². The maximum absolute atomic E-state index is 6.19. The van der Waals surface area contributed by atoms with Crippen molar-refractivity contribution < 1.29 is 17.8 Å². The van der Waals surface area contributed by atoms with Crippen molar-refractivity contribution in [3.63, 3.8) is 0 Å².